The average Bonchev–Trinajstić information content (AvgIpc) is 3.10. The highest BCUT2D eigenvalue weighted by atomic mass is 32.2. The summed E-state index contributed by atoms with van der Waals surface area (Å²) in [7, 11) is -1.37. The largest absolute Gasteiger partial charge is 0.497 e. The lowest BCUT2D eigenvalue weighted by atomic mass is 10.2. The van der Waals surface area contributed by atoms with Gasteiger partial charge in [0, 0.05) is 16.5 Å². The van der Waals surface area contributed by atoms with Gasteiger partial charge in [-0.2, -0.15) is 0 Å². The molecule has 1 unspecified atom stereocenters. The molecule has 1 amide bonds. The molecule has 1 atom stereocenters. The zero-order chi connectivity index (χ0) is 18.0. The number of hydrogen-bond donors (Lipinski definition) is 1. The Bertz CT molecular complexity index is 873. The molecule has 1 N–H and O–H groups in total. The van der Waals surface area contributed by atoms with E-state index in [2.05, 4.69) is 10.3 Å². The molecule has 2 aromatic rings. The van der Waals surface area contributed by atoms with Gasteiger partial charge in [-0.3, -0.25) is 4.79 Å². The van der Waals surface area contributed by atoms with E-state index in [1.807, 2.05) is 31.2 Å². The minimum Gasteiger partial charge on any atom is -0.497 e. The van der Waals surface area contributed by atoms with Gasteiger partial charge in [0.15, 0.2) is 9.84 Å². The van der Waals surface area contributed by atoms with E-state index in [4.69, 9.17) is 4.74 Å². The second-order valence-electron chi connectivity index (χ2n) is 6.10. The van der Waals surface area contributed by atoms with Crippen molar-refractivity contribution in [3.63, 3.8) is 0 Å². The van der Waals surface area contributed by atoms with Crippen molar-refractivity contribution in [1.82, 2.24) is 10.3 Å². The molecule has 1 fully saturated rings. The van der Waals surface area contributed by atoms with E-state index < -0.39 is 9.84 Å². The number of methoxy groups -OCH3 is 1. The van der Waals surface area contributed by atoms with E-state index in [9.17, 15) is 13.2 Å². The molecule has 0 radical (unpaired) electrons. The molecule has 3 rings (SSSR count). The van der Waals surface area contributed by atoms with Gasteiger partial charge in [0.1, 0.15) is 10.8 Å². The summed E-state index contributed by atoms with van der Waals surface area (Å²) in [6, 6.07) is 7.35. The zero-order valence-electron chi connectivity index (χ0n) is 14.1. The predicted molar refractivity (Wildman–Crippen MR) is 97.7 cm³/mol. The number of carbonyl (C=O) groups excluding carboxylic acids is 1. The van der Waals surface area contributed by atoms with Crippen molar-refractivity contribution in [2.24, 2.45) is 0 Å². The molecule has 6 nitrogen and oxygen atoms in total. The molecule has 1 aliphatic rings. The van der Waals surface area contributed by atoms with Crippen LogP contribution in [0.1, 0.15) is 17.0 Å². The molecule has 1 aliphatic heterocycles. The summed E-state index contributed by atoms with van der Waals surface area (Å²) in [4.78, 5) is 17.7. The van der Waals surface area contributed by atoms with Crippen LogP contribution in [-0.4, -0.2) is 44.0 Å². The Kier molecular flexibility index (Phi) is 5.10. The minimum atomic E-state index is -2.99. The van der Waals surface area contributed by atoms with Crippen LogP contribution in [0, 0.1) is 6.92 Å². The minimum absolute atomic E-state index is 0.0392. The Labute approximate surface area is 151 Å². The number of thiazole rings is 1. The molecule has 1 saturated heterocycles. The lowest BCUT2D eigenvalue weighted by Gasteiger charge is -2.10. The number of nitrogens with zero attached hydrogens (tertiary/aromatic N) is 1. The quantitative estimate of drug-likeness (QED) is 0.857. The molecule has 0 aliphatic carbocycles. The Balaban J connectivity index is 1.66. The standard InChI is InChI=1S/C17H20N2O4S2/c1-11-15(9-16(20)19-13-7-8-25(21,22)10-13)24-17(18-11)12-3-5-14(23-2)6-4-12/h3-6,13H,7-10H2,1-2H3,(H,19,20). The van der Waals surface area contributed by atoms with Crippen LogP contribution in [0.4, 0.5) is 0 Å². The number of nitrogens with one attached hydrogen (secondary N) is 1. The Morgan fingerprint density at radius 1 is 1.36 bits per heavy atom. The maximum atomic E-state index is 12.2. The lowest BCUT2D eigenvalue weighted by molar-refractivity contribution is -0.120. The molecule has 0 spiro atoms. The summed E-state index contributed by atoms with van der Waals surface area (Å²) in [6.07, 6.45) is 0.711. The summed E-state index contributed by atoms with van der Waals surface area (Å²) in [5.41, 5.74) is 1.80. The molecule has 25 heavy (non-hydrogen) atoms. The molecule has 0 saturated carbocycles. The van der Waals surface area contributed by atoms with Gasteiger partial charge in [0.25, 0.3) is 0 Å². The third-order valence-corrected chi connectivity index (χ3v) is 7.12. The fraction of sp³-hybridized carbons (Fsp3) is 0.412. The maximum absolute atomic E-state index is 12.2. The Hall–Kier alpha value is -1.93. The second-order valence-corrected chi connectivity index (χ2v) is 9.41. The number of aryl methyl sites for hydroxylation is 1. The number of aromatic nitrogens is 1. The van der Waals surface area contributed by atoms with E-state index in [0.717, 1.165) is 26.9 Å². The highest BCUT2D eigenvalue weighted by Gasteiger charge is 2.29. The van der Waals surface area contributed by atoms with Crippen LogP contribution >= 0.6 is 11.3 Å². The van der Waals surface area contributed by atoms with Crippen molar-refractivity contribution in [2.75, 3.05) is 18.6 Å². The van der Waals surface area contributed by atoms with Crippen molar-refractivity contribution in [2.45, 2.75) is 25.8 Å². The van der Waals surface area contributed by atoms with Crippen molar-refractivity contribution in [1.29, 1.82) is 0 Å². The van der Waals surface area contributed by atoms with Gasteiger partial charge >= 0.3 is 0 Å². The van der Waals surface area contributed by atoms with Crippen LogP contribution in [0.2, 0.25) is 0 Å². The van der Waals surface area contributed by atoms with Crippen molar-refractivity contribution < 1.29 is 17.9 Å². The van der Waals surface area contributed by atoms with Gasteiger partial charge in [-0.25, -0.2) is 13.4 Å². The molecule has 2 heterocycles. The number of rotatable bonds is 5. The van der Waals surface area contributed by atoms with Crippen molar-refractivity contribution in [3.05, 3.63) is 34.8 Å². The van der Waals surface area contributed by atoms with Crippen LogP contribution in [0.25, 0.3) is 10.6 Å². The normalized spacial score (nSPS) is 18.9. The fourth-order valence-electron chi connectivity index (χ4n) is 2.78. The van der Waals surface area contributed by atoms with Gasteiger partial charge < -0.3 is 10.1 Å². The molecule has 134 valence electrons. The Morgan fingerprint density at radius 3 is 2.68 bits per heavy atom. The van der Waals surface area contributed by atoms with E-state index in [1.54, 1.807) is 7.11 Å². The third-order valence-electron chi connectivity index (χ3n) is 4.15. The summed E-state index contributed by atoms with van der Waals surface area (Å²) in [6.45, 7) is 1.88. The first-order valence-electron chi connectivity index (χ1n) is 7.97. The van der Waals surface area contributed by atoms with Crippen molar-refractivity contribution >= 4 is 27.1 Å². The fourth-order valence-corrected chi connectivity index (χ4v) is 5.52. The molecular weight excluding hydrogens is 360 g/mol. The summed E-state index contributed by atoms with van der Waals surface area (Å²) in [5, 5.41) is 3.67. The van der Waals surface area contributed by atoms with Crippen LogP contribution in [0.3, 0.4) is 0 Å². The number of benzene rings is 1. The highest BCUT2D eigenvalue weighted by Crippen LogP contribution is 2.29. The summed E-state index contributed by atoms with van der Waals surface area (Å²) in [5.74, 6) is 0.815. The molecule has 0 bridgehead atoms. The monoisotopic (exact) mass is 380 g/mol. The first kappa shape index (κ1) is 17.9. The molecule has 1 aromatic heterocycles. The third kappa shape index (κ3) is 4.38. The van der Waals surface area contributed by atoms with E-state index in [-0.39, 0.29) is 29.9 Å². The van der Waals surface area contributed by atoms with E-state index in [0.29, 0.717) is 6.42 Å². The van der Waals surface area contributed by atoms with E-state index >= 15 is 0 Å². The van der Waals surface area contributed by atoms with Crippen LogP contribution in [-0.2, 0) is 21.1 Å². The number of amides is 1. The van der Waals surface area contributed by atoms with Gasteiger partial charge in [0.2, 0.25) is 5.91 Å². The average molecular weight is 380 g/mol. The number of carbonyl (C=O) groups is 1. The van der Waals surface area contributed by atoms with Crippen LogP contribution in [0.15, 0.2) is 24.3 Å². The smallest absolute Gasteiger partial charge is 0.225 e. The van der Waals surface area contributed by atoms with Crippen LogP contribution in [0.5, 0.6) is 5.75 Å². The topological polar surface area (TPSA) is 85.4 Å². The van der Waals surface area contributed by atoms with Gasteiger partial charge in [-0.05, 0) is 37.6 Å². The number of hydrogen-bond acceptors (Lipinski definition) is 6. The Morgan fingerprint density at radius 2 is 2.08 bits per heavy atom. The van der Waals surface area contributed by atoms with Crippen molar-refractivity contribution in [3.8, 4) is 16.3 Å². The first-order chi connectivity index (χ1) is 11.9. The number of sulfone groups is 1. The second kappa shape index (κ2) is 7.13. The van der Waals surface area contributed by atoms with Gasteiger partial charge in [-0.1, -0.05) is 0 Å². The predicted octanol–water partition coefficient (Wildman–Crippen LogP) is 1.97. The molecule has 8 heteroatoms. The maximum Gasteiger partial charge on any atom is 0.225 e. The SMILES string of the molecule is COc1ccc(-c2nc(C)c(CC(=O)NC3CCS(=O)(=O)C3)s2)cc1. The summed E-state index contributed by atoms with van der Waals surface area (Å²) < 4.78 is 28.1. The van der Waals surface area contributed by atoms with E-state index in [1.165, 1.54) is 11.3 Å². The van der Waals surface area contributed by atoms with Gasteiger partial charge in [0.05, 0.1) is 30.7 Å². The summed E-state index contributed by atoms with van der Waals surface area (Å²) >= 11 is 1.48. The number of ether oxygens (including phenoxy) is 1. The van der Waals surface area contributed by atoms with Gasteiger partial charge in [-0.15, -0.1) is 11.3 Å². The molecule has 1 aromatic carbocycles. The van der Waals surface area contributed by atoms with Crippen LogP contribution < -0.4 is 10.1 Å². The highest BCUT2D eigenvalue weighted by molar-refractivity contribution is 7.91. The zero-order valence-corrected chi connectivity index (χ0v) is 15.7. The molecular formula is C17H20N2O4S2. The first-order valence-corrected chi connectivity index (χ1v) is 10.6. The lowest BCUT2D eigenvalue weighted by Crippen LogP contribution is -2.36.